The van der Waals surface area contributed by atoms with Gasteiger partial charge in [-0.15, -0.1) is 0 Å². The van der Waals surface area contributed by atoms with Gasteiger partial charge in [0.2, 0.25) is 11.9 Å². The van der Waals surface area contributed by atoms with Crippen molar-refractivity contribution in [2.24, 2.45) is 0 Å². The Labute approximate surface area is 290 Å². The molecule has 0 radical (unpaired) electrons. The second-order valence-electron chi connectivity index (χ2n) is 13.2. The summed E-state index contributed by atoms with van der Waals surface area (Å²) >= 11 is 7.11. The molecule has 13 nitrogen and oxygen atoms in total. The van der Waals surface area contributed by atoms with Crippen LogP contribution in [0.15, 0.2) is 42.6 Å². The highest BCUT2D eigenvalue weighted by atomic mass is 35.5. The van der Waals surface area contributed by atoms with Crippen molar-refractivity contribution in [2.75, 3.05) is 41.9 Å². The van der Waals surface area contributed by atoms with Gasteiger partial charge in [0.15, 0.2) is 5.65 Å². The van der Waals surface area contributed by atoms with Gasteiger partial charge in [-0.1, -0.05) is 30.7 Å². The maximum atomic E-state index is 12.9. The van der Waals surface area contributed by atoms with E-state index in [9.17, 15) is 15.3 Å². The Hall–Kier alpha value is -5.27. The van der Waals surface area contributed by atoms with Crippen LogP contribution >= 0.6 is 11.6 Å². The first-order chi connectivity index (χ1) is 23.5. The van der Waals surface area contributed by atoms with Gasteiger partial charge in [0, 0.05) is 38.3 Å². The summed E-state index contributed by atoms with van der Waals surface area (Å²) in [6.45, 7) is 9.56. The molecule has 254 valence electrons. The van der Waals surface area contributed by atoms with Crippen molar-refractivity contribution in [2.45, 2.75) is 71.2 Å². The molecule has 0 unspecified atom stereocenters. The fourth-order valence-corrected chi connectivity index (χ4v) is 6.23. The lowest BCUT2D eigenvalue weighted by atomic mass is 10.1. The Kier molecular flexibility index (Phi) is 9.39. The van der Waals surface area contributed by atoms with Crippen LogP contribution in [0.3, 0.4) is 0 Å². The number of aromatic nitrogens is 4. The Morgan fingerprint density at radius 3 is 2.51 bits per heavy atom. The first-order valence-corrected chi connectivity index (χ1v) is 16.7. The van der Waals surface area contributed by atoms with Gasteiger partial charge in [0.25, 0.3) is 0 Å². The van der Waals surface area contributed by atoms with Crippen LogP contribution in [0.4, 0.5) is 28.1 Å². The van der Waals surface area contributed by atoms with Gasteiger partial charge in [-0.05, 0) is 69.9 Å². The van der Waals surface area contributed by atoms with E-state index in [1.54, 1.807) is 28.7 Å². The molecule has 1 aliphatic heterocycles. The molecule has 2 fully saturated rings. The van der Waals surface area contributed by atoms with Crippen molar-refractivity contribution in [3.8, 4) is 17.9 Å². The fourth-order valence-electron chi connectivity index (χ4n) is 5.97. The zero-order valence-corrected chi connectivity index (χ0v) is 29.0. The molecule has 6 rings (SSSR count). The normalized spacial score (nSPS) is 16.2. The topological polar surface area (TPSA) is 148 Å². The van der Waals surface area contributed by atoms with E-state index >= 15 is 0 Å². The lowest BCUT2D eigenvalue weighted by Gasteiger charge is -2.43. The van der Waals surface area contributed by atoms with E-state index in [1.165, 1.54) is 6.20 Å². The third kappa shape index (κ3) is 7.27. The van der Waals surface area contributed by atoms with Gasteiger partial charge in [-0.3, -0.25) is 0 Å². The summed E-state index contributed by atoms with van der Waals surface area (Å²) in [5.41, 5.74) is 2.64. The average molecular weight is 683 g/mol. The monoisotopic (exact) mass is 682 g/mol. The Bertz CT molecular complexity index is 1940. The first-order valence-electron chi connectivity index (χ1n) is 16.3. The van der Waals surface area contributed by atoms with Gasteiger partial charge >= 0.3 is 6.09 Å². The van der Waals surface area contributed by atoms with Gasteiger partial charge in [0.05, 0.1) is 41.3 Å². The number of ether oxygens (including phenoxy) is 2. The third-order valence-electron chi connectivity index (χ3n) is 8.57. The van der Waals surface area contributed by atoms with E-state index in [1.807, 2.05) is 45.0 Å². The Morgan fingerprint density at radius 2 is 1.88 bits per heavy atom. The largest absolute Gasteiger partial charge is 0.497 e. The molecule has 0 bridgehead atoms. The average Bonchev–Trinajstić information content (AvgIpc) is 3.85. The van der Waals surface area contributed by atoms with Crippen molar-refractivity contribution < 1.29 is 14.3 Å². The number of amides is 1. The summed E-state index contributed by atoms with van der Waals surface area (Å²) in [4.78, 5) is 28.5. The minimum absolute atomic E-state index is 0.0604. The predicted molar refractivity (Wildman–Crippen MR) is 186 cm³/mol. The number of methoxy groups -OCH3 is 1. The lowest BCUT2D eigenvalue weighted by molar-refractivity contribution is 0.0213. The highest BCUT2D eigenvalue weighted by molar-refractivity contribution is 6.36. The number of nitriles is 2. The fraction of sp³-hybridized carbons (Fsp3) is 0.429. The van der Waals surface area contributed by atoms with Crippen LogP contribution in [-0.2, 0) is 11.3 Å². The molecule has 0 spiro atoms. The highest BCUT2D eigenvalue weighted by Crippen LogP contribution is 2.39. The molecule has 1 saturated heterocycles. The van der Waals surface area contributed by atoms with Crippen LogP contribution < -0.4 is 19.9 Å². The zero-order valence-electron chi connectivity index (χ0n) is 28.3. The van der Waals surface area contributed by atoms with Crippen molar-refractivity contribution in [1.29, 1.82) is 10.5 Å². The standard InChI is InChI=1S/C35H39ClN10O3/c1-6-25-21-43(34(47)49-35(2,3)4)13-14-44(25)29-16-23(17-37)15-28(30(29)36)40-32-41-31-24(18-38)19-39-46(31)33(42-32)45(26-9-10-26)20-22-7-11-27(48-5)12-8-22/h7-8,11-12,15-16,19,25-26H,6,9-10,13-14,20-21H2,1-5H3,(H,40,41)/t25-/m0/s1. The second kappa shape index (κ2) is 13.7. The summed E-state index contributed by atoms with van der Waals surface area (Å²) in [5.74, 6) is 1.52. The van der Waals surface area contributed by atoms with E-state index in [-0.39, 0.29) is 24.1 Å². The Balaban J connectivity index is 1.34. The summed E-state index contributed by atoms with van der Waals surface area (Å²) < 4.78 is 12.6. The molecule has 1 atom stereocenters. The molecule has 1 saturated carbocycles. The number of carbonyl (C=O) groups excluding carboxylic acids is 1. The number of nitrogens with zero attached hydrogens (tertiary/aromatic N) is 9. The SMILES string of the molecule is CC[C@H]1CN(C(=O)OC(C)(C)C)CCN1c1cc(C#N)cc(Nc2nc(N(Cc3ccc(OC)cc3)C3CC3)n3ncc(C#N)c3n2)c1Cl. The highest BCUT2D eigenvalue weighted by Gasteiger charge is 2.34. The molecule has 49 heavy (non-hydrogen) atoms. The van der Waals surface area contributed by atoms with Crippen LogP contribution in [0.2, 0.25) is 5.02 Å². The number of halogens is 1. The maximum Gasteiger partial charge on any atom is 0.410 e. The number of hydrogen-bond acceptors (Lipinski definition) is 11. The van der Waals surface area contributed by atoms with Gasteiger partial charge in [-0.25, -0.2) is 4.79 Å². The van der Waals surface area contributed by atoms with Crippen molar-refractivity contribution in [3.63, 3.8) is 0 Å². The first kappa shape index (κ1) is 33.6. The van der Waals surface area contributed by atoms with Gasteiger partial charge in [-0.2, -0.15) is 30.1 Å². The summed E-state index contributed by atoms with van der Waals surface area (Å²) in [5, 5.41) is 28.0. The molecule has 2 aliphatic rings. The van der Waals surface area contributed by atoms with Crippen LogP contribution in [0.5, 0.6) is 5.75 Å². The number of hydrogen-bond donors (Lipinski definition) is 1. The molecule has 1 N–H and O–H groups in total. The third-order valence-corrected chi connectivity index (χ3v) is 8.97. The number of nitrogens with one attached hydrogen (secondary N) is 1. The number of fused-ring (bicyclic) bond motifs is 1. The number of benzene rings is 2. The van der Waals surface area contributed by atoms with E-state index in [2.05, 4.69) is 44.3 Å². The molecule has 2 aromatic heterocycles. The quantitative estimate of drug-likeness (QED) is 0.213. The van der Waals surface area contributed by atoms with Crippen molar-refractivity contribution >= 4 is 46.6 Å². The molecule has 2 aromatic carbocycles. The summed E-state index contributed by atoms with van der Waals surface area (Å²) in [6, 6.07) is 15.9. The van der Waals surface area contributed by atoms with Crippen LogP contribution in [-0.4, -0.2) is 75.0 Å². The van der Waals surface area contributed by atoms with Gasteiger partial charge in [0.1, 0.15) is 23.0 Å². The minimum atomic E-state index is -0.595. The Morgan fingerprint density at radius 1 is 1.12 bits per heavy atom. The van der Waals surface area contributed by atoms with Crippen LogP contribution in [0.25, 0.3) is 5.65 Å². The number of piperazine rings is 1. The summed E-state index contributed by atoms with van der Waals surface area (Å²) in [7, 11) is 1.64. The van der Waals surface area contributed by atoms with Crippen LogP contribution in [0.1, 0.15) is 63.6 Å². The smallest absolute Gasteiger partial charge is 0.410 e. The predicted octanol–water partition coefficient (Wildman–Crippen LogP) is 6.28. The van der Waals surface area contributed by atoms with E-state index in [0.29, 0.717) is 65.3 Å². The lowest BCUT2D eigenvalue weighted by Crippen LogP contribution is -2.55. The minimum Gasteiger partial charge on any atom is -0.497 e. The second-order valence-corrected chi connectivity index (χ2v) is 13.6. The zero-order chi connectivity index (χ0) is 34.9. The van der Waals surface area contributed by atoms with E-state index in [4.69, 9.17) is 26.1 Å². The van der Waals surface area contributed by atoms with Crippen LogP contribution in [0, 0.1) is 22.7 Å². The molecular weight excluding hydrogens is 644 g/mol. The maximum absolute atomic E-state index is 12.9. The van der Waals surface area contributed by atoms with Gasteiger partial charge < -0.3 is 29.5 Å². The van der Waals surface area contributed by atoms with Crippen molar-refractivity contribution in [1.82, 2.24) is 24.5 Å². The number of anilines is 4. The van der Waals surface area contributed by atoms with E-state index in [0.717, 1.165) is 30.6 Å². The molecule has 4 aromatic rings. The van der Waals surface area contributed by atoms with E-state index < -0.39 is 5.60 Å². The number of carbonyl (C=O) groups is 1. The molecule has 1 amide bonds. The number of rotatable bonds is 9. The van der Waals surface area contributed by atoms with Crippen molar-refractivity contribution in [3.05, 3.63) is 64.3 Å². The molecule has 14 heteroatoms. The molecule has 1 aliphatic carbocycles. The molecule has 3 heterocycles. The summed E-state index contributed by atoms with van der Waals surface area (Å²) in [6.07, 6.45) is 3.86. The molecular formula is C35H39ClN10O3.